The third-order valence-electron chi connectivity index (χ3n) is 15.0. The van der Waals surface area contributed by atoms with Crippen LogP contribution in [0, 0.1) is 37.1 Å². The molecule has 30 heteroatoms. The molecule has 4 aromatic heterocycles. The number of nitrogens with zero attached hydrogens (tertiary/aromatic N) is 6. The van der Waals surface area contributed by atoms with Gasteiger partial charge in [-0.3, -0.25) is 38.3 Å². The van der Waals surface area contributed by atoms with Crippen molar-refractivity contribution in [2.75, 3.05) is 10.6 Å². The highest BCUT2D eigenvalue weighted by atomic mass is 19.4. The summed E-state index contributed by atoms with van der Waals surface area (Å²) < 4.78 is 142. The summed E-state index contributed by atoms with van der Waals surface area (Å²) in [5.41, 5.74) is -2.43. The van der Waals surface area contributed by atoms with Crippen molar-refractivity contribution < 1.29 is 73.3 Å². The van der Waals surface area contributed by atoms with Gasteiger partial charge in [0.1, 0.15) is 58.6 Å². The number of carboxylic acid groups (broad SMARTS) is 2. The lowest BCUT2D eigenvalue weighted by Crippen LogP contribution is -2.43. The van der Waals surface area contributed by atoms with Crippen molar-refractivity contribution >= 4 is 56.9 Å². The number of halogens is 10. The molecule has 0 saturated carbocycles. The van der Waals surface area contributed by atoms with Gasteiger partial charge in [-0.15, -0.1) is 0 Å². The summed E-state index contributed by atoms with van der Waals surface area (Å²) in [4.78, 5) is 110. The number of pyridine rings is 2. The molecule has 4 atom stereocenters. The van der Waals surface area contributed by atoms with Gasteiger partial charge < -0.3 is 40.6 Å². The maximum atomic E-state index is 14.8. The van der Waals surface area contributed by atoms with Crippen molar-refractivity contribution in [3.05, 3.63) is 184 Å². The zero-order valence-electron chi connectivity index (χ0n) is 48.8. The maximum Gasteiger partial charge on any atom is 0.408 e. The Bertz CT molecular complexity index is 4100. The largest absolute Gasteiger partial charge is 0.480 e. The quantitative estimate of drug-likeness (QED) is 0.0443. The first-order valence-corrected chi connectivity index (χ1v) is 27.1. The molecule has 0 radical (unpaired) electrons. The van der Waals surface area contributed by atoms with E-state index in [1.807, 2.05) is 10.6 Å². The standard InChI is InChI=1S/2C30H28F5N5O5/c2*1-5-22(30(33,34)35)37-16-12-19(31)24(20(32)13-16)26(41)38-21(28(43)44)11-15-8-9-17(18-7-6-10-36-25(15)18)23-14(2)39(3)29(45)40(4)27(23)42/h2*6-10,12-13,21-22,37H,5,11H2,1-4H3,(H,38,41)(H,43,44)/t2*21-,22+/m00/s1. The van der Waals surface area contributed by atoms with Gasteiger partial charge >= 0.3 is 35.7 Å². The Kier molecular flexibility index (Phi) is 20.0. The van der Waals surface area contributed by atoms with Crippen LogP contribution in [0.1, 0.15) is 69.9 Å². The second-order valence-electron chi connectivity index (χ2n) is 20.7. The normalized spacial score (nSPS) is 13.0. The molecule has 0 spiro atoms. The van der Waals surface area contributed by atoms with Crippen molar-refractivity contribution in [3.8, 4) is 22.3 Å². The topological polar surface area (TPSA) is 271 Å². The molecule has 90 heavy (non-hydrogen) atoms. The van der Waals surface area contributed by atoms with Crippen molar-refractivity contribution in [1.82, 2.24) is 38.9 Å². The van der Waals surface area contributed by atoms with E-state index in [1.54, 1.807) is 50.2 Å². The number of aromatic nitrogens is 6. The van der Waals surface area contributed by atoms with Gasteiger partial charge in [0.15, 0.2) is 0 Å². The summed E-state index contributed by atoms with van der Waals surface area (Å²) in [5, 5.41) is 28.7. The fourth-order valence-corrected chi connectivity index (χ4v) is 10.0. The molecule has 6 N–H and O–H groups in total. The molecule has 0 aliphatic rings. The van der Waals surface area contributed by atoms with E-state index < -0.39 is 154 Å². The van der Waals surface area contributed by atoms with Crippen LogP contribution in [0.2, 0.25) is 0 Å². The summed E-state index contributed by atoms with van der Waals surface area (Å²) >= 11 is 0. The summed E-state index contributed by atoms with van der Waals surface area (Å²) in [6.45, 7) is 5.66. The molecule has 20 nitrogen and oxygen atoms in total. The van der Waals surface area contributed by atoms with Gasteiger partial charge in [-0.05, 0) is 85.3 Å². The van der Waals surface area contributed by atoms with Gasteiger partial charge in [0.05, 0.1) is 22.2 Å². The average molecular weight is 1270 g/mol. The molecule has 0 unspecified atom stereocenters. The van der Waals surface area contributed by atoms with E-state index in [2.05, 4.69) is 20.6 Å². The van der Waals surface area contributed by atoms with E-state index in [9.17, 15) is 92.5 Å². The SMILES string of the molecule is CC[C@@H](Nc1cc(F)c(C(=O)N[C@@H](Cc2ccc(-c3c(C)n(C)c(=O)n(C)c3=O)c3cccnc23)C(=O)O)c(F)c1)C(F)(F)F.CC[C@@H](Nc1cc(F)c(C(=O)N[C@@H](Cc2ccc(-c3c(C)n(C)c(=O)n(C)c3=O)c3cccnc23)C(=O)O)c(F)c1)C(F)(F)F. The molecule has 2 amide bonds. The summed E-state index contributed by atoms with van der Waals surface area (Å²) in [5.74, 6) is -12.0. The van der Waals surface area contributed by atoms with Crippen molar-refractivity contribution in [2.45, 2.75) is 89.9 Å². The highest BCUT2D eigenvalue weighted by Gasteiger charge is 2.40. The Morgan fingerprint density at radius 2 is 0.844 bits per heavy atom. The fraction of sp³-hybridized carbons (Fsp3) is 0.300. The van der Waals surface area contributed by atoms with Crippen LogP contribution in [0.5, 0.6) is 0 Å². The number of carboxylic acids is 2. The minimum Gasteiger partial charge on any atom is -0.480 e. The molecule has 0 fully saturated rings. The monoisotopic (exact) mass is 1270 g/mol. The second-order valence-corrected chi connectivity index (χ2v) is 20.7. The first-order valence-electron chi connectivity index (χ1n) is 27.1. The zero-order valence-corrected chi connectivity index (χ0v) is 48.8. The van der Waals surface area contributed by atoms with Crippen LogP contribution in [-0.2, 0) is 50.6 Å². The highest BCUT2D eigenvalue weighted by Crippen LogP contribution is 2.34. The zero-order chi connectivity index (χ0) is 66.8. The van der Waals surface area contributed by atoms with E-state index in [0.29, 0.717) is 68.7 Å². The van der Waals surface area contributed by atoms with Crippen LogP contribution in [0.25, 0.3) is 44.1 Å². The molecule has 0 aliphatic heterocycles. The van der Waals surface area contributed by atoms with Gasteiger partial charge in [0.2, 0.25) is 0 Å². The number of carbonyl (C=O) groups is 4. The Hall–Kier alpha value is -10.2. The predicted molar refractivity (Wildman–Crippen MR) is 310 cm³/mol. The van der Waals surface area contributed by atoms with Gasteiger partial charge in [0.25, 0.3) is 22.9 Å². The minimum absolute atomic E-state index is 0.219. The van der Waals surface area contributed by atoms with Crippen LogP contribution in [0.4, 0.5) is 55.3 Å². The Morgan fingerprint density at radius 1 is 0.522 bits per heavy atom. The Morgan fingerprint density at radius 3 is 1.13 bits per heavy atom. The first-order chi connectivity index (χ1) is 42.1. The Labute approximate surface area is 502 Å². The summed E-state index contributed by atoms with van der Waals surface area (Å²) in [6.07, 6.45) is -8.19. The summed E-state index contributed by atoms with van der Waals surface area (Å²) in [6, 6.07) is 6.99. The molecular formula is C60H56F10N10O10. The Balaban J connectivity index is 0.000000256. The molecule has 0 bridgehead atoms. The number of anilines is 2. The lowest BCUT2D eigenvalue weighted by Gasteiger charge is -2.22. The number of carbonyl (C=O) groups excluding carboxylic acids is 2. The average Bonchev–Trinajstić information content (AvgIpc) is 0.856. The van der Waals surface area contributed by atoms with Gasteiger partial charge in [-0.2, -0.15) is 26.3 Å². The van der Waals surface area contributed by atoms with E-state index in [0.717, 1.165) is 9.13 Å². The van der Waals surface area contributed by atoms with E-state index in [1.165, 1.54) is 75.7 Å². The lowest BCUT2D eigenvalue weighted by atomic mass is 9.95. The molecule has 0 saturated heterocycles. The fourth-order valence-electron chi connectivity index (χ4n) is 10.0. The molecule has 4 heterocycles. The predicted octanol–water partition coefficient (Wildman–Crippen LogP) is 8.13. The smallest absolute Gasteiger partial charge is 0.408 e. The molecular weight excluding hydrogens is 1210 g/mol. The number of benzene rings is 4. The molecule has 0 aliphatic carbocycles. The highest BCUT2D eigenvalue weighted by molar-refractivity contribution is 6.01. The van der Waals surface area contributed by atoms with Crippen molar-refractivity contribution in [2.24, 2.45) is 28.2 Å². The van der Waals surface area contributed by atoms with Crippen LogP contribution in [-0.4, -0.2) is 98.7 Å². The first kappa shape index (κ1) is 67.3. The second kappa shape index (κ2) is 26.7. The van der Waals surface area contributed by atoms with Gasteiger partial charge in [-0.1, -0.05) is 50.2 Å². The molecule has 8 rings (SSSR count). The number of nitrogens with one attached hydrogen (secondary N) is 4. The minimum atomic E-state index is -4.70. The van der Waals surface area contributed by atoms with Gasteiger partial charge in [-0.25, -0.2) is 36.7 Å². The van der Waals surface area contributed by atoms with Crippen molar-refractivity contribution in [3.63, 3.8) is 0 Å². The van der Waals surface area contributed by atoms with Crippen LogP contribution in [0.3, 0.4) is 0 Å². The molecule has 476 valence electrons. The number of hydrogen-bond donors (Lipinski definition) is 6. The number of amides is 2. The van der Waals surface area contributed by atoms with Crippen LogP contribution >= 0.6 is 0 Å². The molecule has 8 aromatic rings. The van der Waals surface area contributed by atoms with Crippen LogP contribution in [0.15, 0.2) is 104 Å². The van der Waals surface area contributed by atoms with E-state index in [4.69, 9.17) is 0 Å². The van der Waals surface area contributed by atoms with Crippen LogP contribution < -0.4 is 43.8 Å². The lowest BCUT2D eigenvalue weighted by molar-refractivity contribution is -0.143. The third-order valence-corrected chi connectivity index (χ3v) is 15.0. The number of alkyl halides is 6. The number of rotatable bonds is 18. The maximum absolute atomic E-state index is 14.8. The number of aliphatic carboxylic acids is 2. The van der Waals surface area contributed by atoms with E-state index in [-0.39, 0.29) is 22.2 Å². The van der Waals surface area contributed by atoms with E-state index >= 15 is 0 Å². The van der Waals surface area contributed by atoms with Gasteiger partial charge in [0, 0.05) is 87.0 Å². The van der Waals surface area contributed by atoms with Crippen molar-refractivity contribution in [1.29, 1.82) is 0 Å². The molecule has 4 aromatic carbocycles. The number of fused-ring (bicyclic) bond motifs is 2. The number of hydrogen-bond acceptors (Lipinski definition) is 12. The summed E-state index contributed by atoms with van der Waals surface area (Å²) in [7, 11) is 5.69. The third kappa shape index (κ3) is 13.9.